The molecule has 1 saturated heterocycles. The SMILES string of the molecule is CNC1CCN(C(=O)Cc2c(C)nn(-c3ccc(Cl)c(Cl)c3)c2C)CC1.Cl. The Balaban J connectivity index is 0.00000261. The Hall–Kier alpha value is -1.27. The highest BCUT2D eigenvalue weighted by molar-refractivity contribution is 6.42. The van der Waals surface area contributed by atoms with Gasteiger partial charge in [0, 0.05) is 30.4 Å². The van der Waals surface area contributed by atoms with Crippen molar-refractivity contribution in [2.45, 2.75) is 39.2 Å². The number of likely N-dealkylation sites (tertiary alicyclic amines) is 1. The van der Waals surface area contributed by atoms with Gasteiger partial charge in [-0.25, -0.2) is 4.68 Å². The van der Waals surface area contributed by atoms with Gasteiger partial charge in [0.05, 0.1) is 27.8 Å². The lowest BCUT2D eigenvalue weighted by Gasteiger charge is -2.32. The zero-order valence-corrected chi connectivity index (χ0v) is 18.1. The quantitative estimate of drug-likeness (QED) is 0.797. The summed E-state index contributed by atoms with van der Waals surface area (Å²) in [7, 11) is 1.98. The summed E-state index contributed by atoms with van der Waals surface area (Å²) in [5.41, 5.74) is 3.65. The lowest BCUT2D eigenvalue weighted by atomic mass is 10.0. The summed E-state index contributed by atoms with van der Waals surface area (Å²) >= 11 is 12.1. The molecule has 2 heterocycles. The molecule has 3 rings (SSSR count). The second-order valence-electron chi connectivity index (χ2n) is 6.78. The molecule has 0 aliphatic carbocycles. The van der Waals surface area contributed by atoms with E-state index in [0.717, 1.165) is 48.6 Å². The molecule has 1 amide bonds. The Kier molecular flexibility index (Phi) is 7.57. The number of piperidine rings is 1. The molecule has 0 spiro atoms. The highest BCUT2D eigenvalue weighted by Crippen LogP contribution is 2.26. The zero-order valence-electron chi connectivity index (χ0n) is 15.8. The Bertz CT molecular complexity index is 814. The van der Waals surface area contributed by atoms with Gasteiger partial charge in [0.2, 0.25) is 5.91 Å². The minimum atomic E-state index is 0. The van der Waals surface area contributed by atoms with E-state index in [2.05, 4.69) is 10.4 Å². The molecule has 0 atom stereocenters. The molecule has 1 aromatic heterocycles. The molecule has 1 aliphatic heterocycles. The molecule has 1 aromatic carbocycles. The number of aryl methyl sites for hydroxylation is 1. The van der Waals surface area contributed by atoms with Gasteiger partial charge in [0.1, 0.15) is 0 Å². The number of carbonyl (C=O) groups excluding carboxylic acids is 1. The van der Waals surface area contributed by atoms with Gasteiger partial charge in [-0.1, -0.05) is 23.2 Å². The Morgan fingerprint density at radius 2 is 1.89 bits per heavy atom. The molecule has 8 heteroatoms. The molecule has 2 aromatic rings. The van der Waals surface area contributed by atoms with Crippen LogP contribution >= 0.6 is 35.6 Å². The van der Waals surface area contributed by atoms with Crippen LogP contribution in [-0.4, -0.2) is 46.8 Å². The molecule has 5 nitrogen and oxygen atoms in total. The van der Waals surface area contributed by atoms with Crippen LogP contribution in [0.3, 0.4) is 0 Å². The Morgan fingerprint density at radius 3 is 2.48 bits per heavy atom. The number of nitrogens with one attached hydrogen (secondary N) is 1. The van der Waals surface area contributed by atoms with Crippen LogP contribution in [0.15, 0.2) is 18.2 Å². The lowest BCUT2D eigenvalue weighted by molar-refractivity contribution is -0.131. The second-order valence-corrected chi connectivity index (χ2v) is 7.59. The third-order valence-corrected chi connectivity index (χ3v) is 5.91. The molecule has 0 saturated carbocycles. The minimum absolute atomic E-state index is 0. The van der Waals surface area contributed by atoms with Crippen molar-refractivity contribution in [1.29, 1.82) is 0 Å². The minimum Gasteiger partial charge on any atom is -0.342 e. The molecule has 0 bridgehead atoms. The summed E-state index contributed by atoms with van der Waals surface area (Å²) in [5.74, 6) is 0.166. The van der Waals surface area contributed by atoms with E-state index in [9.17, 15) is 4.79 Å². The third-order valence-electron chi connectivity index (χ3n) is 5.17. The maximum atomic E-state index is 12.7. The number of amides is 1. The number of aromatic nitrogens is 2. The fraction of sp³-hybridized carbons (Fsp3) is 0.474. The highest BCUT2D eigenvalue weighted by atomic mass is 35.5. The number of nitrogens with zero attached hydrogens (tertiary/aromatic N) is 3. The maximum Gasteiger partial charge on any atom is 0.227 e. The van der Waals surface area contributed by atoms with Crippen molar-refractivity contribution in [3.8, 4) is 5.69 Å². The largest absolute Gasteiger partial charge is 0.342 e. The first kappa shape index (κ1) is 22.0. The summed E-state index contributed by atoms with van der Waals surface area (Å²) in [6.07, 6.45) is 2.38. The van der Waals surface area contributed by atoms with Crippen molar-refractivity contribution in [1.82, 2.24) is 20.0 Å². The summed E-state index contributed by atoms with van der Waals surface area (Å²) in [5, 5.41) is 8.90. The van der Waals surface area contributed by atoms with Crippen LogP contribution in [0.4, 0.5) is 0 Å². The van der Waals surface area contributed by atoms with E-state index >= 15 is 0 Å². The standard InChI is InChI=1S/C19H24Cl2N4O.ClH/c1-12-16(11-19(26)24-8-6-14(22-3)7-9-24)13(2)25(23-12)15-4-5-17(20)18(21)10-15;/h4-5,10,14,22H,6-9,11H2,1-3H3;1H. The number of carbonyl (C=O) groups is 1. The van der Waals surface area contributed by atoms with Gasteiger partial charge in [-0.3, -0.25) is 4.79 Å². The molecule has 1 N–H and O–H groups in total. The predicted molar refractivity (Wildman–Crippen MR) is 113 cm³/mol. The molecular formula is C19H25Cl3N4O. The van der Waals surface area contributed by atoms with Crippen molar-refractivity contribution in [2.24, 2.45) is 0 Å². The average molecular weight is 432 g/mol. The first-order valence-corrected chi connectivity index (χ1v) is 9.62. The summed E-state index contributed by atoms with van der Waals surface area (Å²) in [4.78, 5) is 14.7. The number of hydrogen-bond acceptors (Lipinski definition) is 3. The summed E-state index contributed by atoms with van der Waals surface area (Å²) < 4.78 is 1.83. The average Bonchev–Trinajstić information content (AvgIpc) is 2.92. The fourth-order valence-electron chi connectivity index (χ4n) is 3.48. The van der Waals surface area contributed by atoms with Gasteiger partial charge < -0.3 is 10.2 Å². The highest BCUT2D eigenvalue weighted by Gasteiger charge is 2.24. The Morgan fingerprint density at radius 1 is 1.22 bits per heavy atom. The van der Waals surface area contributed by atoms with Crippen molar-refractivity contribution >= 4 is 41.5 Å². The summed E-state index contributed by atoms with van der Waals surface area (Å²) in [6.45, 7) is 5.54. The monoisotopic (exact) mass is 430 g/mol. The zero-order chi connectivity index (χ0) is 18.8. The normalized spacial score (nSPS) is 14.9. The van der Waals surface area contributed by atoms with Crippen LogP contribution in [0, 0.1) is 13.8 Å². The van der Waals surface area contributed by atoms with Crippen molar-refractivity contribution in [2.75, 3.05) is 20.1 Å². The van der Waals surface area contributed by atoms with E-state index < -0.39 is 0 Å². The second kappa shape index (κ2) is 9.28. The van der Waals surface area contributed by atoms with Crippen molar-refractivity contribution in [3.63, 3.8) is 0 Å². The van der Waals surface area contributed by atoms with Crippen molar-refractivity contribution in [3.05, 3.63) is 45.2 Å². The molecule has 0 radical (unpaired) electrons. The first-order chi connectivity index (χ1) is 12.4. The van der Waals surface area contributed by atoms with Crippen LogP contribution in [0.2, 0.25) is 10.0 Å². The first-order valence-electron chi connectivity index (χ1n) is 8.86. The number of benzene rings is 1. The number of hydrogen-bond donors (Lipinski definition) is 1. The van der Waals surface area contributed by atoms with Gasteiger partial charge in [-0.15, -0.1) is 12.4 Å². The van der Waals surface area contributed by atoms with Crippen molar-refractivity contribution < 1.29 is 4.79 Å². The van der Waals surface area contributed by atoms with Crippen LogP contribution in [-0.2, 0) is 11.2 Å². The van der Waals surface area contributed by atoms with Gasteiger partial charge in [-0.05, 0) is 51.9 Å². The smallest absolute Gasteiger partial charge is 0.227 e. The van der Waals surface area contributed by atoms with E-state index in [4.69, 9.17) is 23.2 Å². The van der Waals surface area contributed by atoms with Crippen LogP contribution in [0.5, 0.6) is 0 Å². The summed E-state index contributed by atoms with van der Waals surface area (Å²) in [6, 6.07) is 5.94. The van der Waals surface area contributed by atoms with E-state index in [1.54, 1.807) is 12.1 Å². The molecule has 1 aliphatic rings. The van der Waals surface area contributed by atoms with Gasteiger partial charge >= 0.3 is 0 Å². The molecule has 0 unspecified atom stereocenters. The third kappa shape index (κ3) is 4.77. The topological polar surface area (TPSA) is 50.2 Å². The van der Waals surface area contributed by atoms with E-state index in [1.165, 1.54) is 0 Å². The Labute approximate surface area is 176 Å². The van der Waals surface area contributed by atoms with E-state index in [0.29, 0.717) is 22.5 Å². The van der Waals surface area contributed by atoms with Crippen LogP contribution in [0.1, 0.15) is 29.8 Å². The maximum absolute atomic E-state index is 12.7. The van der Waals surface area contributed by atoms with Gasteiger partial charge in [-0.2, -0.15) is 5.10 Å². The molecular weight excluding hydrogens is 407 g/mol. The number of rotatable bonds is 4. The molecule has 1 fully saturated rings. The number of halogens is 3. The van der Waals surface area contributed by atoms with Gasteiger partial charge in [0.25, 0.3) is 0 Å². The lowest BCUT2D eigenvalue weighted by Crippen LogP contribution is -2.44. The van der Waals surface area contributed by atoms with Crippen LogP contribution in [0.25, 0.3) is 5.69 Å². The molecule has 148 valence electrons. The predicted octanol–water partition coefficient (Wildman–Crippen LogP) is 3.97. The van der Waals surface area contributed by atoms with Gasteiger partial charge in [0.15, 0.2) is 0 Å². The van der Waals surface area contributed by atoms with E-state index in [-0.39, 0.29) is 18.3 Å². The fourth-order valence-corrected chi connectivity index (χ4v) is 3.77. The molecule has 27 heavy (non-hydrogen) atoms. The van der Waals surface area contributed by atoms with Crippen LogP contribution < -0.4 is 5.32 Å². The van der Waals surface area contributed by atoms with E-state index in [1.807, 2.05) is 36.5 Å².